The van der Waals surface area contributed by atoms with Gasteiger partial charge in [-0.15, -0.1) is 0 Å². The van der Waals surface area contributed by atoms with Crippen LogP contribution in [0.3, 0.4) is 0 Å². The monoisotopic (exact) mass is 264 g/mol. The fourth-order valence-electron chi connectivity index (χ4n) is 1.78. The first-order chi connectivity index (χ1) is 8.97. The highest BCUT2D eigenvalue weighted by Crippen LogP contribution is 2.32. The lowest BCUT2D eigenvalue weighted by molar-refractivity contribution is 0.195. The molecule has 0 saturated heterocycles. The molecule has 4 heteroatoms. The second-order valence-corrected chi connectivity index (χ2v) is 4.37. The second-order valence-electron chi connectivity index (χ2n) is 4.37. The van der Waals surface area contributed by atoms with Crippen LogP contribution in [-0.2, 0) is 0 Å². The fraction of sp³-hybridized carbons (Fsp3) is 0.200. The van der Waals surface area contributed by atoms with E-state index in [0.717, 1.165) is 0 Å². The molecule has 2 nitrogen and oxygen atoms in total. The molecule has 2 aromatic rings. The van der Waals surface area contributed by atoms with Crippen LogP contribution in [0.25, 0.3) is 0 Å². The summed E-state index contributed by atoms with van der Waals surface area (Å²) in [6, 6.07) is 8.05. The van der Waals surface area contributed by atoms with Gasteiger partial charge in [0.15, 0.2) is 0 Å². The Morgan fingerprint density at radius 2 is 1.58 bits per heavy atom. The zero-order valence-corrected chi connectivity index (χ0v) is 10.7. The summed E-state index contributed by atoms with van der Waals surface area (Å²) in [5.74, 6) is 0.0276. The minimum Gasteiger partial charge on any atom is -0.457 e. The Labute approximate surface area is 110 Å². The SMILES string of the molecule is Cc1cc(F)ccc1Oc1ccc(F)cc1C(C)O. The highest BCUT2D eigenvalue weighted by Gasteiger charge is 2.12. The lowest BCUT2D eigenvalue weighted by Crippen LogP contribution is -1.98. The first kappa shape index (κ1) is 13.5. The molecule has 0 saturated carbocycles. The lowest BCUT2D eigenvalue weighted by atomic mass is 10.1. The third kappa shape index (κ3) is 3.09. The summed E-state index contributed by atoms with van der Waals surface area (Å²) in [6.07, 6.45) is -0.855. The van der Waals surface area contributed by atoms with Crippen molar-refractivity contribution < 1.29 is 18.6 Å². The van der Waals surface area contributed by atoms with Crippen LogP contribution < -0.4 is 4.74 Å². The molecule has 1 atom stereocenters. The Bertz CT molecular complexity index is 595. The standard InChI is InChI=1S/C15H14F2O2/c1-9-7-11(16)3-5-14(9)19-15-6-4-12(17)8-13(15)10(2)18/h3-8,10,18H,1-2H3. The maximum absolute atomic E-state index is 13.2. The van der Waals surface area contributed by atoms with E-state index in [1.807, 2.05) is 0 Å². The Morgan fingerprint density at radius 3 is 2.16 bits per heavy atom. The molecule has 0 aliphatic carbocycles. The van der Waals surface area contributed by atoms with Gasteiger partial charge in [-0.25, -0.2) is 8.78 Å². The Balaban J connectivity index is 2.38. The number of aryl methyl sites for hydroxylation is 1. The van der Waals surface area contributed by atoms with Crippen molar-refractivity contribution >= 4 is 0 Å². The predicted molar refractivity (Wildman–Crippen MR) is 68.2 cm³/mol. The topological polar surface area (TPSA) is 29.5 Å². The molecule has 0 fully saturated rings. The molecule has 0 aliphatic rings. The maximum Gasteiger partial charge on any atom is 0.133 e. The van der Waals surface area contributed by atoms with Crippen LogP contribution in [0.15, 0.2) is 36.4 Å². The number of ether oxygens (including phenoxy) is 1. The summed E-state index contributed by atoms with van der Waals surface area (Å²) in [6.45, 7) is 3.24. The Kier molecular flexibility index (Phi) is 3.81. The lowest BCUT2D eigenvalue weighted by Gasteiger charge is -2.14. The summed E-state index contributed by atoms with van der Waals surface area (Å²) >= 11 is 0. The number of halogens is 2. The summed E-state index contributed by atoms with van der Waals surface area (Å²) in [7, 11) is 0. The van der Waals surface area contributed by atoms with Crippen molar-refractivity contribution in [2.75, 3.05) is 0 Å². The minimum atomic E-state index is -0.855. The molecule has 0 aromatic heterocycles. The van der Waals surface area contributed by atoms with E-state index < -0.39 is 11.9 Å². The fourth-order valence-corrected chi connectivity index (χ4v) is 1.78. The van der Waals surface area contributed by atoms with Gasteiger partial charge in [0.25, 0.3) is 0 Å². The summed E-state index contributed by atoms with van der Waals surface area (Å²) in [4.78, 5) is 0. The van der Waals surface area contributed by atoms with Gasteiger partial charge < -0.3 is 9.84 Å². The van der Waals surface area contributed by atoms with E-state index in [-0.39, 0.29) is 5.82 Å². The molecule has 0 aliphatic heterocycles. The van der Waals surface area contributed by atoms with Crippen molar-refractivity contribution in [2.24, 2.45) is 0 Å². The van der Waals surface area contributed by atoms with Gasteiger partial charge in [-0.05, 0) is 55.8 Å². The van der Waals surface area contributed by atoms with E-state index in [2.05, 4.69) is 0 Å². The zero-order chi connectivity index (χ0) is 14.0. The molecular weight excluding hydrogens is 250 g/mol. The van der Waals surface area contributed by atoms with Crippen LogP contribution >= 0.6 is 0 Å². The van der Waals surface area contributed by atoms with Crippen LogP contribution in [-0.4, -0.2) is 5.11 Å². The predicted octanol–water partition coefficient (Wildman–Crippen LogP) is 4.12. The third-order valence-corrected chi connectivity index (χ3v) is 2.78. The molecule has 19 heavy (non-hydrogen) atoms. The second kappa shape index (κ2) is 5.36. The largest absolute Gasteiger partial charge is 0.457 e. The minimum absolute atomic E-state index is 0.347. The van der Waals surface area contributed by atoms with Gasteiger partial charge in [-0.3, -0.25) is 0 Å². The van der Waals surface area contributed by atoms with E-state index in [9.17, 15) is 13.9 Å². The average Bonchev–Trinajstić information content (AvgIpc) is 2.34. The number of aliphatic hydroxyl groups is 1. The van der Waals surface area contributed by atoms with Crippen molar-refractivity contribution in [1.29, 1.82) is 0 Å². The van der Waals surface area contributed by atoms with E-state index in [1.54, 1.807) is 6.92 Å². The van der Waals surface area contributed by atoms with E-state index >= 15 is 0 Å². The maximum atomic E-state index is 13.2. The number of benzene rings is 2. The average molecular weight is 264 g/mol. The molecule has 2 aromatic carbocycles. The van der Waals surface area contributed by atoms with Gasteiger partial charge in [-0.1, -0.05) is 0 Å². The molecule has 0 amide bonds. The molecule has 1 N–H and O–H groups in total. The number of hydrogen-bond donors (Lipinski definition) is 1. The summed E-state index contributed by atoms with van der Waals surface area (Å²) in [5.41, 5.74) is 0.976. The van der Waals surface area contributed by atoms with Gasteiger partial charge in [0.2, 0.25) is 0 Å². The highest BCUT2D eigenvalue weighted by atomic mass is 19.1. The number of aliphatic hydroxyl groups excluding tert-OH is 1. The quantitative estimate of drug-likeness (QED) is 0.903. The van der Waals surface area contributed by atoms with E-state index in [4.69, 9.17) is 4.74 Å². The molecule has 0 bridgehead atoms. The summed E-state index contributed by atoms with van der Waals surface area (Å²) < 4.78 is 31.8. The summed E-state index contributed by atoms with van der Waals surface area (Å²) in [5, 5.41) is 9.61. The van der Waals surface area contributed by atoms with Crippen LogP contribution in [0.1, 0.15) is 24.2 Å². The Hall–Kier alpha value is -1.94. The molecule has 2 rings (SSSR count). The van der Waals surface area contributed by atoms with Crippen molar-refractivity contribution in [2.45, 2.75) is 20.0 Å². The zero-order valence-electron chi connectivity index (χ0n) is 10.7. The van der Waals surface area contributed by atoms with Crippen molar-refractivity contribution in [3.8, 4) is 11.5 Å². The number of hydrogen-bond acceptors (Lipinski definition) is 2. The van der Waals surface area contributed by atoms with Crippen LogP contribution in [0.2, 0.25) is 0 Å². The van der Waals surface area contributed by atoms with Crippen molar-refractivity contribution in [1.82, 2.24) is 0 Å². The van der Waals surface area contributed by atoms with E-state index in [1.165, 1.54) is 43.3 Å². The molecule has 100 valence electrons. The van der Waals surface area contributed by atoms with Crippen LogP contribution in [0.4, 0.5) is 8.78 Å². The van der Waals surface area contributed by atoms with E-state index in [0.29, 0.717) is 22.6 Å². The first-order valence-corrected chi connectivity index (χ1v) is 5.89. The third-order valence-electron chi connectivity index (χ3n) is 2.78. The van der Waals surface area contributed by atoms with Crippen LogP contribution in [0, 0.1) is 18.6 Å². The van der Waals surface area contributed by atoms with Crippen LogP contribution in [0.5, 0.6) is 11.5 Å². The molecular formula is C15H14F2O2. The molecule has 0 radical (unpaired) electrons. The normalized spacial score (nSPS) is 12.3. The van der Waals surface area contributed by atoms with Gasteiger partial charge in [0, 0.05) is 5.56 Å². The molecule has 0 heterocycles. The molecule has 1 unspecified atom stereocenters. The van der Waals surface area contributed by atoms with Gasteiger partial charge in [0.05, 0.1) is 6.10 Å². The van der Waals surface area contributed by atoms with Gasteiger partial charge >= 0.3 is 0 Å². The van der Waals surface area contributed by atoms with Gasteiger partial charge in [-0.2, -0.15) is 0 Å². The van der Waals surface area contributed by atoms with Crippen molar-refractivity contribution in [3.63, 3.8) is 0 Å². The Morgan fingerprint density at radius 1 is 1.00 bits per heavy atom. The van der Waals surface area contributed by atoms with Gasteiger partial charge in [0.1, 0.15) is 23.1 Å². The highest BCUT2D eigenvalue weighted by molar-refractivity contribution is 5.42. The molecule has 0 spiro atoms. The first-order valence-electron chi connectivity index (χ1n) is 5.89. The van der Waals surface area contributed by atoms with Crippen molar-refractivity contribution in [3.05, 3.63) is 59.2 Å². The smallest absolute Gasteiger partial charge is 0.133 e. The number of rotatable bonds is 3.